The van der Waals surface area contributed by atoms with Crippen LogP contribution >= 0.6 is 27.5 Å². The molecule has 0 amide bonds. The van der Waals surface area contributed by atoms with E-state index >= 15 is 0 Å². The van der Waals surface area contributed by atoms with Crippen LogP contribution in [0.4, 0.5) is 11.5 Å². The Hall–Kier alpha value is -2.42. The van der Waals surface area contributed by atoms with E-state index in [-0.39, 0.29) is 4.90 Å². The molecule has 0 atom stereocenters. The fourth-order valence-corrected chi connectivity index (χ4v) is 3.90. The Bertz CT molecular complexity index is 1270. The maximum Gasteiger partial charge on any atom is 0.301 e. The third kappa shape index (κ3) is 3.76. The molecule has 0 fully saturated rings. The molecule has 0 spiro atoms. The minimum atomic E-state index is -3.24. The number of nitrogens with one attached hydrogen (secondary N) is 2. The quantitative estimate of drug-likeness (QED) is 0.427. The smallest absolute Gasteiger partial charge is 0.271 e. The largest absolute Gasteiger partial charge is 0.301 e. The maximum absolute atomic E-state index is 11.7. The average Bonchev–Trinajstić information content (AvgIpc) is 3.03. The molecule has 0 bridgehead atoms. The van der Waals surface area contributed by atoms with Gasteiger partial charge in [0.25, 0.3) is 5.82 Å². The SMILES string of the molecule is CS(=O)(=O)c1ccc(Nc2cc(-c3ccc(Cl)cc3)nc3c(Br)c[nH][n+]23)cc1. The third-order valence-electron chi connectivity index (χ3n) is 4.18. The third-order valence-corrected chi connectivity index (χ3v) is 6.15. The summed E-state index contributed by atoms with van der Waals surface area (Å²) >= 11 is 9.50. The van der Waals surface area contributed by atoms with Crippen molar-refractivity contribution in [2.24, 2.45) is 0 Å². The van der Waals surface area contributed by atoms with Gasteiger partial charge in [-0.25, -0.2) is 13.5 Å². The lowest BCUT2D eigenvalue weighted by Crippen LogP contribution is -2.28. The van der Waals surface area contributed by atoms with E-state index in [1.54, 1.807) is 35.0 Å². The predicted molar refractivity (Wildman–Crippen MR) is 113 cm³/mol. The first-order chi connectivity index (χ1) is 13.3. The second-order valence-electron chi connectivity index (χ2n) is 6.24. The highest BCUT2D eigenvalue weighted by atomic mass is 79.9. The van der Waals surface area contributed by atoms with Crippen molar-refractivity contribution in [2.75, 3.05) is 11.6 Å². The van der Waals surface area contributed by atoms with Gasteiger partial charge < -0.3 is 0 Å². The van der Waals surface area contributed by atoms with Gasteiger partial charge in [0, 0.05) is 16.8 Å². The number of benzene rings is 2. The molecule has 0 aliphatic rings. The van der Waals surface area contributed by atoms with E-state index in [4.69, 9.17) is 16.6 Å². The van der Waals surface area contributed by atoms with E-state index in [0.29, 0.717) is 10.7 Å². The lowest BCUT2D eigenvalue weighted by molar-refractivity contribution is -0.563. The molecule has 0 saturated heterocycles. The van der Waals surface area contributed by atoms with Gasteiger partial charge in [-0.15, -0.1) is 4.52 Å². The van der Waals surface area contributed by atoms with Crippen LogP contribution in [0.5, 0.6) is 0 Å². The number of H-pyrrole nitrogens is 1. The molecule has 9 heteroatoms. The molecule has 0 unspecified atom stereocenters. The van der Waals surface area contributed by atoms with Crippen LogP contribution in [0.15, 0.2) is 70.2 Å². The second-order valence-corrected chi connectivity index (χ2v) is 9.54. The summed E-state index contributed by atoms with van der Waals surface area (Å²) < 4.78 is 25.9. The highest BCUT2D eigenvalue weighted by molar-refractivity contribution is 9.10. The summed E-state index contributed by atoms with van der Waals surface area (Å²) in [6.07, 6.45) is 2.98. The summed E-state index contributed by atoms with van der Waals surface area (Å²) in [6, 6.07) is 16.0. The minimum Gasteiger partial charge on any atom is -0.271 e. The van der Waals surface area contributed by atoms with Gasteiger partial charge in [0.15, 0.2) is 15.5 Å². The van der Waals surface area contributed by atoms with Gasteiger partial charge in [-0.1, -0.05) is 16.6 Å². The number of aromatic amines is 1. The van der Waals surface area contributed by atoms with Crippen LogP contribution in [-0.2, 0) is 9.84 Å². The fraction of sp³-hybridized carbons (Fsp3) is 0.0526. The van der Waals surface area contributed by atoms with Gasteiger partial charge in [0.05, 0.1) is 22.8 Å². The standard InChI is InChI=1S/C19H14BrClN4O2S/c1-28(26,27)15-8-6-14(7-9-15)23-18-10-17(12-2-4-13(21)5-3-12)24-19-16(20)11-22-25(18)19/h2-11H,1H3,(H,22,23,24)/p+1. The zero-order valence-electron chi connectivity index (χ0n) is 14.6. The number of nitrogens with zero attached hydrogens (tertiary/aromatic N) is 2. The van der Waals surface area contributed by atoms with Gasteiger partial charge in [0.1, 0.15) is 4.47 Å². The molecule has 4 rings (SSSR count). The molecule has 28 heavy (non-hydrogen) atoms. The van der Waals surface area contributed by atoms with Crippen LogP contribution in [0, 0.1) is 0 Å². The Kier molecular flexibility index (Phi) is 4.86. The summed E-state index contributed by atoms with van der Waals surface area (Å²) in [5.74, 6) is 0.743. The van der Waals surface area contributed by atoms with Gasteiger partial charge >= 0.3 is 5.65 Å². The molecule has 2 aromatic carbocycles. The highest BCUT2D eigenvalue weighted by Crippen LogP contribution is 2.25. The van der Waals surface area contributed by atoms with E-state index < -0.39 is 9.84 Å². The van der Waals surface area contributed by atoms with E-state index in [1.807, 2.05) is 30.3 Å². The summed E-state index contributed by atoms with van der Waals surface area (Å²) in [5, 5.41) is 7.10. The van der Waals surface area contributed by atoms with E-state index in [1.165, 1.54) is 6.26 Å². The lowest BCUT2D eigenvalue weighted by atomic mass is 10.1. The maximum atomic E-state index is 11.7. The molecule has 0 aliphatic heterocycles. The number of aromatic nitrogens is 3. The number of hydrogen-bond donors (Lipinski definition) is 2. The highest BCUT2D eigenvalue weighted by Gasteiger charge is 2.19. The molecular weight excluding hydrogens is 464 g/mol. The number of fused-ring (bicyclic) bond motifs is 1. The van der Waals surface area contributed by atoms with Crippen molar-refractivity contribution >= 4 is 54.5 Å². The molecule has 0 aliphatic carbocycles. The Morgan fingerprint density at radius 3 is 2.43 bits per heavy atom. The summed E-state index contributed by atoms with van der Waals surface area (Å²) in [5.41, 5.74) is 3.16. The van der Waals surface area contributed by atoms with Crippen molar-refractivity contribution in [3.05, 3.63) is 70.3 Å². The Morgan fingerprint density at radius 2 is 1.79 bits per heavy atom. The minimum absolute atomic E-state index is 0.273. The van der Waals surface area contributed by atoms with E-state index in [0.717, 1.165) is 27.2 Å². The molecule has 6 nitrogen and oxygen atoms in total. The monoisotopic (exact) mass is 477 g/mol. The predicted octanol–water partition coefficient (Wildman–Crippen LogP) is 4.38. The van der Waals surface area contributed by atoms with Crippen LogP contribution < -0.4 is 9.83 Å². The average molecular weight is 479 g/mol. The number of halogens is 2. The van der Waals surface area contributed by atoms with Gasteiger partial charge in [-0.3, -0.25) is 5.32 Å². The second kappa shape index (κ2) is 7.20. The van der Waals surface area contributed by atoms with Gasteiger partial charge in [-0.2, -0.15) is 0 Å². The molecule has 2 heterocycles. The van der Waals surface area contributed by atoms with Crippen molar-refractivity contribution in [1.82, 2.24) is 10.1 Å². The molecule has 142 valence electrons. The fourth-order valence-electron chi connectivity index (χ4n) is 2.78. The molecule has 0 radical (unpaired) electrons. The normalized spacial score (nSPS) is 11.7. The summed E-state index contributed by atoms with van der Waals surface area (Å²) in [7, 11) is -3.24. The molecule has 2 N–H and O–H groups in total. The first-order valence-corrected chi connectivity index (χ1v) is 11.3. The first kappa shape index (κ1) is 18.9. The first-order valence-electron chi connectivity index (χ1n) is 8.24. The zero-order chi connectivity index (χ0) is 19.9. The van der Waals surface area contributed by atoms with Crippen LogP contribution in [0.2, 0.25) is 5.02 Å². The van der Waals surface area contributed by atoms with Crippen LogP contribution in [0.3, 0.4) is 0 Å². The van der Waals surface area contributed by atoms with Gasteiger partial charge in [-0.05, 0) is 64.5 Å². The van der Waals surface area contributed by atoms with Crippen molar-refractivity contribution in [3.63, 3.8) is 0 Å². The Balaban J connectivity index is 1.78. The number of rotatable bonds is 4. The number of anilines is 2. The van der Waals surface area contributed by atoms with Crippen molar-refractivity contribution < 1.29 is 12.9 Å². The Morgan fingerprint density at radius 1 is 1.11 bits per heavy atom. The van der Waals surface area contributed by atoms with Crippen LogP contribution in [-0.4, -0.2) is 24.8 Å². The van der Waals surface area contributed by atoms with E-state index in [2.05, 4.69) is 26.3 Å². The number of sulfone groups is 1. The molecule has 2 aromatic heterocycles. The number of hydrogen-bond acceptors (Lipinski definition) is 4. The Labute approximate surface area is 175 Å². The topological polar surface area (TPSA) is 78.9 Å². The summed E-state index contributed by atoms with van der Waals surface area (Å²) in [6.45, 7) is 0. The van der Waals surface area contributed by atoms with Crippen molar-refractivity contribution in [3.8, 4) is 11.3 Å². The molecular formula is C19H15BrClN4O2S+. The lowest BCUT2D eigenvalue weighted by Gasteiger charge is -2.05. The van der Waals surface area contributed by atoms with Crippen LogP contribution in [0.1, 0.15) is 0 Å². The van der Waals surface area contributed by atoms with Crippen molar-refractivity contribution in [1.29, 1.82) is 0 Å². The van der Waals surface area contributed by atoms with Gasteiger partial charge in [0.2, 0.25) is 0 Å². The zero-order valence-corrected chi connectivity index (χ0v) is 17.8. The molecule has 4 aromatic rings. The summed E-state index contributed by atoms with van der Waals surface area (Å²) in [4.78, 5) is 4.98. The van der Waals surface area contributed by atoms with Crippen LogP contribution in [0.25, 0.3) is 16.9 Å². The van der Waals surface area contributed by atoms with E-state index in [9.17, 15) is 8.42 Å². The molecule has 0 saturated carbocycles. The van der Waals surface area contributed by atoms with Crippen molar-refractivity contribution in [2.45, 2.75) is 4.90 Å².